The number of halogens is 2. The molecule has 0 saturated heterocycles. The molecular weight excluding hydrogens is 427 g/mol. The van der Waals surface area contributed by atoms with Gasteiger partial charge in [-0.3, -0.25) is 9.78 Å². The fourth-order valence-corrected chi connectivity index (χ4v) is 3.39. The summed E-state index contributed by atoms with van der Waals surface area (Å²) >= 11 is 5.61. The highest BCUT2D eigenvalue weighted by Crippen LogP contribution is 2.19. The number of rotatable bonds is 7. The van der Waals surface area contributed by atoms with Crippen molar-refractivity contribution in [1.29, 1.82) is 0 Å². The van der Waals surface area contributed by atoms with Crippen LogP contribution in [0.15, 0.2) is 39.9 Å². The number of aryl methyl sites for hydroxylation is 1. The van der Waals surface area contributed by atoms with E-state index < -0.39 is 21.7 Å². The smallest absolute Gasteiger partial charge is 0.271 e. The summed E-state index contributed by atoms with van der Waals surface area (Å²) in [6.45, 7) is 1.47. The summed E-state index contributed by atoms with van der Waals surface area (Å²) in [7, 11) is -3.93. The van der Waals surface area contributed by atoms with Crippen LogP contribution in [0.1, 0.15) is 28.0 Å². The van der Waals surface area contributed by atoms with Crippen LogP contribution in [0.4, 0.5) is 4.39 Å². The second-order valence-electron chi connectivity index (χ2n) is 5.69. The number of carbonyl (C=O) groups is 1. The van der Waals surface area contributed by atoms with Gasteiger partial charge in [-0.1, -0.05) is 11.6 Å². The van der Waals surface area contributed by atoms with Crippen LogP contribution in [0.2, 0.25) is 5.02 Å². The van der Waals surface area contributed by atoms with Gasteiger partial charge < -0.3 is 9.73 Å². The molecule has 3 rings (SSSR count). The molecule has 0 bridgehead atoms. The Morgan fingerprint density at radius 2 is 2.00 bits per heavy atom. The van der Waals surface area contributed by atoms with Gasteiger partial charge in [0, 0.05) is 6.92 Å². The van der Waals surface area contributed by atoms with Crippen molar-refractivity contribution < 1.29 is 22.0 Å². The molecule has 0 unspecified atom stereocenters. The Kier molecular flexibility index (Phi) is 6.15. The lowest BCUT2D eigenvalue weighted by molar-refractivity contribution is 0.0941. The maximum Gasteiger partial charge on any atom is 0.271 e. The van der Waals surface area contributed by atoms with Gasteiger partial charge in [0.25, 0.3) is 5.91 Å². The predicted octanol–water partition coefficient (Wildman–Crippen LogP) is 1.37. The Labute approximate surface area is 169 Å². The minimum absolute atomic E-state index is 0.0261. The van der Waals surface area contributed by atoms with Gasteiger partial charge in [0.05, 0.1) is 41.1 Å². The summed E-state index contributed by atoms with van der Waals surface area (Å²) in [6.07, 6.45) is 2.46. The van der Waals surface area contributed by atoms with Crippen LogP contribution in [0, 0.1) is 12.7 Å². The van der Waals surface area contributed by atoms with Crippen LogP contribution >= 0.6 is 11.6 Å². The molecule has 0 atom stereocenters. The van der Waals surface area contributed by atoms with Crippen molar-refractivity contribution in [3.8, 4) is 0 Å². The van der Waals surface area contributed by atoms with Gasteiger partial charge in [-0.15, -0.1) is 10.2 Å². The SMILES string of the molecule is Cc1nnc(CNC(=O)c2cnc(CNS(=O)(=O)c3ccc(F)c(Cl)c3)cn2)o1. The van der Waals surface area contributed by atoms with E-state index in [2.05, 4.69) is 30.2 Å². The molecule has 0 saturated carbocycles. The van der Waals surface area contributed by atoms with Crippen LogP contribution in [0.3, 0.4) is 0 Å². The minimum atomic E-state index is -3.93. The summed E-state index contributed by atoms with van der Waals surface area (Å²) in [5.74, 6) is -0.611. The molecule has 0 radical (unpaired) electrons. The van der Waals surface area contributed by atoms with E-state index in [1.165, 1.54) is 12.4 Å². The molecule has 0 spiro atoms. The maximum atomic E-state index is 13.2. The third-order valence-electron chi connectivity index (χ3n) is 3.55. The number of nitrogens with zero attached hydrogens (tertiary/aromatic N) is 4. The van der Waals surface area contributed by atoms with Crippen molar-refractivity contribution in [2.45, 2.75) is 24.9 Å². The quantitative estimate of drug-likeness (QED) is 0.561. The Morgan fingerprint density at radius 3 is 2.62 bits per heavy atom. The standard InChI is InChI=1S/C16H14ClFN6O4S/c1-9-23-24-15(28-9)8-21-16(25)14-7-19-10(5-20-14)6-22-29(26,27)11-2-3-13(18)12(17)4-11/h2-5,7,22H,6,8H2,1H3,(H,21,25). The van der Waals surface area contributed by atoms with E-state index in [9.17, 15) is 17.6 Å². The third-order valence-corrected chi connectivity index (χ3v) is 5.24. The molecule has 3 aromatic rings. The predicted molar refractivity (Wildman–Crippen MR) is 97.7 cm³/mol. The van der Waals surface area contributed by atoms with E-state index in [1.54, 1.807) is 6.92 Å². The molecule has 152 valence electrons. The minimum Gasteiger partial charge on any atom is -0.424 e. The maximum absolute atomic E-state index is 13.2. The van der Waals surface area contributed by atoms with Gasteiger partial charge in [0.1, 0.15) is 11.5 Å². The van der Waals surface area contributed by atoms with Gasteiger partial charge in [0.2, 0.25) is 21.8 Å². The Bertz CT molecular complexity index is 1140. The summed E-state index contributed by atoms with van der Waals surface area (Å²) < 4.78 is 45.1. The first-order chi connectivity index (χ1) is 13.7. The highest BCUT2D eigenvalue weighted by atomic mass is 35.5. The van der Waals surface area contributed by atoms with Gasteiger partial charge in [-0.2, -0.15) is 0 Å². The van der Waals surface area contributed by atoms with E-state index in [1.807, 2.05) is 0 Å². The Balaban J connectivity index is 1.58. The molecule has 1 amide bonds. The van der Waals surface area contributed by atoms with E-state index >= 15 is 0 Å². The van der Waals surface area contributed by atoms with Crippen molar-refractivity contribution in [3.63, 3.8) is 0 Å². The zero-order chi connectivity index (χ0) is 21.0. The van der Waals surface area contributed by atoms with E-state index in [0.29, 0.717) is 5.89 Å². The van der Waals surface area contributed by atoms with Crippen LogP contribution in [0.25, 0.3) is 0 Å². The first-order valence-electron chi connectivity index (χ1n) is 8.07. The number of nitrogens with one attached hydrogen (secondary N) is 2. The zero-order valence-corrected chi connectivity index (χ0v) is 16.5. The normalized spacial score (nSPS) is 11.4. The second-order valence-corrected chi connectivity index (χ2v) is 7.87. The molecule has 13 heteroatoms. The molecule has 2 heterocycles. The molecular formula is C16H14ClFN6O4S. The molecule has 0 aliphatic heterocycles. The summed E-state index contributed by atoms with van der Waals surface area (Å²) in [6, 6.07) is 3.05. The van der Waals surface area contributed by atoms with Crippen LogP contribution < -0.4 is 10.0 Å². The summed E-state index contributed by atoms with van der Waals surface area (Å²) in [5, 5.41) is 9.63. The number of carbonyl (C=O) groups excluding carboxylic acids is 1. The molecule has 10 nitrogen and oxygen atoms in total. The van der Waals surface area contributed by atoms with E-state index in [-0.39, 0.29) is 40.3 Å². The van der Waals surface area contributed by atoms with Crippen molar-refractivity contribution in [1.82, 2.24) is 30.2 Å². The number of benzene rings is 1. The van der Waals surface area contributed by atoms with E-state index in [0.717, 1.165) is 18.2 Å². The zero-order valence-electron chi connectivity index (χ0n) is 14.9. The van der Waals surface area contributed by atoms with Crippen molar-refractivity contribution >= 4 is 27.5 Å². The number of aromatic nitrogens is 4. The molecule has 2 aromatic heterocycles. The fourth-order valence-electron chi connectivity index (χ4n) is 2.12. The first-order valence-corrected chi connectivity index (χ1v) is 9.93. The first kappa shape index (κ1) is 20.8. The monoisotopic (exact) mass is 440 g/mol. The lowest BCUT2D eigenvalue weighted by atomic mass is 10.3. The van der Waals surface area contributed by atoms with Gasteiger partial charge in [-0.05, 0) is 18.2 Å². The molecule has 29 heavy (non-hydrogen) atoms. The molecule has 2 N–H and O–H groups in total. The van der Waals surface area contributed by atoms with Crippen molar-refractivity contribution in [2.24, 2.45) is 0 Å². The number of amides is 1. The largest absolute Gasteiger partial charge is 0.424 e. The second kappa shape index (κ2) is 8.59. The third kappa shape index (κ3) is 5.31. The molecule has 0 fully saturated rings. The Hall–Kier alpha value is -2.96. The van der Waals surface area contributed by atoms with Crippen LogP contribution in [0.5, 0.6) is 0 Å². The highest BCUT2D eigenvalue weighted by molar-refractivity contribution is 7.89. The number of sulfonamides is 1. The molecule has 0 aliphatic carbocycles. The van der Waals surface area contributed by atoms with Gasteiger partial charge in [-0.25, -0.2) is 22.5 Å². The highest BCUT2D eigenvalue weighted by Gasteiger charge is 2.16. The van der Waals surface area contributed by atoms with Crippen LogP contribution in [-0.2, 0) is 23.1 Å². The average molecular weight is 441 g/mol. The van der Waals surface area contributed by atoms with Crippen molar-refractivity contribution in [2.75, 3.05) is 0 Å². The number of hydrogen-bond donors (Lipinski definition) is 2. The summed E-state index contributed by atoms with van der Waals surface area (Å²) in [5.41, 5.74) is 0.295. The summed E-state index contributed by atoms with van der Waals surface area (Å²) in [4.78, 5) is 19.8. The van der Waals surface area contributed by atoms with Crippen LogP contribution in [-0.4, -0.2) is 34.5 Å². The fraction of sp³-hybridized carbons (Fsp3) is 0.188. The average Bonchev–Trinajstić information content (AvgIpc) is 3.12. The lowest BCUT2D eigenvalue weighted by Gasteiger charge is -2.07. The van der Waals surface area contributed by atoms with E-state index in [4.69, 9.17) is 16.0 Å². The Morgan fingerprint density at radius 1 is 1.21 bits per heavy atom. The number of hydrogen-bond acceptors (Lipinski definition) is 8. The van der Waals surface area contributed by atoms with Crippen molar-refractivity contribution in [3.05, 3.63) is 64.6 Å². The molecule has 1 aromatic carbocycles. The van der Waals surface area contributed by atoms with Gasteiger partial charge >= 0.3 is 0 Å². The topological polar surface area (TPSA) is 140 Å². The lowest BCUT2D eigenvalue weighted by Crippen LogP contribution is -2.25. The van der Waals surface area contributed by atoms with Gasteiger partial charge in [0.15, 0.2) is 0 Å². The molecule has 0 aliphatic rings.